The molecule has 3 heterocycles. The van der Waals surface area contributed by atoms with Crippen molar-refractivity contribution >= 4 is 11.7 Å². The number of fused-ring (bicyclic) bond motifs is 1. The average Bonchev–Trinajstić information content (AvgIpc) is 3.12. The molecule has 11 heteroatoms. The van der Waals surface area contributed by atoms with Crippen LogP contribution in [-0.4, -0.2) is 65.9 Å². The lowest BCUT2D eigenvalue weighted by molar-refractivity contribution is -0.0337. The molecule has 4 rings (SSSR count). The van der Waals surface area contributed by atoms with Crippen molar-refractivity contribution in [3.63, 3.8) is 0 Å². The number of nitrogens with two attached hydrogens (primary N) is 1. The Kier molecular flexibility index (Phi) is 13.4. The molecule has 33 heavy (non-hydrogen) atoms. The zero-order valence-electron chi connectivity index (χ0n) is 19.8. The van der Waals surface area contributed by atoms with Gasteiger partial charge in [0, 0.05) is 53.2 Å². The Morgan fingerprint density at radius 2 is 1.82 bits per heavy atom. The van der Waals surface area contributed by atoms with Crippen molar-refractivity contribution in [1.29, 1.82) is 0 Å². The van der Waals surface area contributed by atoms with Crippen molar-refractivity contribution in [3.05, 3.63) is 29.7 Å². The molecule has 0 aromatic carbocycles. The van der Waals surface area contributed by atoms with E-state index < -0.39 is 5.92 Å². The fourth-order valence-electron chi connectivity index (χ4n) is 3.43. The Hall–Kier alpha value is -2.40. The Morgan fingerprint density at radius 1 is 1.15 bits per heavy atom. The number of imidazole rings is 1. The molecule has 188 valence electrons. The van der Waals surface area contributed by atoms with Crippen LogP contribution in [0.25, 0.3) is 5.65 Å². The Morgan fingerprint density at radius 3 is 2.39 bits per heavy atom. The topological polar surface area (TPSA) is 97.8 Å². The minimum atomic E-state index is -2.32. The number of nitrogens with one attached hydrogen (secondary N) is 1. The summed E-state index contributed by atoms with van der Waals surface area (Å²) in [7, 11) is 3.75. The van der Waals surface area contributed by atoms with Crippen LogP contribution in [-0.2, 0) is 17.8 Å². The van der Waals surface area contributed by atoms with Crippen LogP contribution in [0.2, 0.25) is 0 Å². The lowest BCUT2D eigenvalue weighted by Crippen LogP contribution is -2.37. The van der Waals surface area contributed by atoms with Gasteiger partial charge in [-0.25, -0.2) is 23.1 Å². The molecule has 2 fully saturated rings. The molecular weight excluding hydrogens is 437 g/mol. The highest BCUT2D eigenvalue weighted by Crippen LogP contribution is 2.32. The van der Waals surface area contributed by atoms with Crippen molar-refractivity contribution in [2.24, 2.45) is 5.73 Å². The Balaban J connectivity index is 0.000000348. The van der Waals surface area contributed by atoms with Gasteiger partial charge in [0.15, 0.2) is 5.65 Å². The minimum absolute atomic E-state index is 0.00615. The number of urea groups is 1. The number of carbonyl (C=O) groups is 1. The summed E-state index contributed by atoms with van der Waals surface area (Å²) in [4.78, 5) is 18.1. The van der Waals surface area contributed by atoms with Crippen LogP contribution in [0, 0.1) is 0 Å². The number of amides is 2. The molecule has 0 spiro atoms. The van der Waals surface area contributed by atoms with Gasteiger partial charge in [-0.15, -0.1) is 0 Å². The van der Waals surface area contributed by atoms with E-state index in [0.29, 0.717) is 33.1 Å². The molecule has 2 aliphatic rings. The largest absolute Gasteiger partial charge is 0.388 e. The summed E-state index contributed by atoms with van der Waals surface area (Å²) in [5.74, 6) is -2.32. The molecule has 1 aliphatic carbocycles. The highest BCUT2D eigenvalue weighted by Gasteiger charge is 2.30. The SMILES string of the molecule is CF.COC.FC1(F)CCCCC1.NCc1cn2ncc(CN3CCCCNC3=O)cc2n1. The van der Waals surface area contributed by atoms with E-state index in [1.807, 2.05) is 17.2 Å². The number of aromatic nitrogens is 3. The Bertz CT molecular complexity index is 811. The van der Waals surface area contributed by atoms with E-state index in [0.717, 1.165) is 49.3 Å². The summed E-state index contributed by atoms with van der Waals surface area (Å²) in [6.07, 6.45) is 8.30. The van der Waals surface area contributed by atoms with E-state index in [-0.39, 0.29) is 18.9 Å². The maximum atomic E-state index is 12.2. The highest BCUT2D eigenvalue weighted by molar-refractivity contribution is 5.74. The van der Waals surface area contributed by atoms with Crippen LogP contribution in [0.5, 0.6) is 0 Å². The van der Waals surface area contributed by atoms with E-state index in [9.17, 15) is 18.0 Å². The third kappa shape index (κ3) is 10.4. The number of hydrogen-bond acceptors (Lipinski definition) is 5. The first-order chi connectivity index (χ1) is 15.9. The van der Waals surface area contributed by atoms with Gasteiger partial charge in [0.25, 0.3) is 0 Å². The van der Waals surface area contributed by atoms with Crippen LogP contribution >= 0.6 is 0 Å². The van der Waals surface area contributed by atoms with Gasteiger partial charge in [-0.2, -0.15) is 5.10 Å². The fraction of sp³-hybridized carbons (Fsp3) is 0.682. The van der Waals surface area contributed by atoms with Crippen LogP contribution in [0.3, 0.4) is 0 Å². The zero-order chi connectivity index (χ0) is 24.7. The van der Waals surface area contributed by atoms with E-state index in [4.69, 9.17) is 5.73 Å². The van der Waals surface area contributed by atoms with Crippen LogP contribution < -0.4 is 11.1 Å². The fourth-order valence-corrected chi connectivity index (χ4v) is 3.43. The van der Waals surface area contributed by atoms with Gasteiger partial charge >= 0.3 is 6.03 Å². The lowest BCUT2D eigenvalue weighted by Gasteiger charge is -2.20. The van der Waals surface area contributed by atoms with E-state index in [2.05, 4.69) is 20.1 Å². The number of hydrogen-bond donors (Lipinski definition) is 2. The van der Waals surface area contributed by atoms with Gasteiger partial charge in [0.1, 0.15) is 0 Å². The molecule has 0 unspecified atom stereocenters. The molecule has 1 saturated carbocycles. The van der Waals surface area contributed by atoms with Gasteiger partial charge in [0.05, 0.1) is 25.3 Å². The molecule has 0 atom stereocenters. The van der Waals surface area contributed by atoms with Crippen molar-refractivity contribution < 1.29 is 22.7 Å². The minimum Gasteiger partial charge on any atom is -0.388 e. The summed E-state index contributed by atoms with van der Waals surface area (Å²) in [5.41, 5.74) is 8.12. The van der Waals surface area contributed by atoms with E-state index in [1.54, 1.807) is 24.9 Å². The average molecular weight is 475 g/mol. The molecule has 2 amide bonds. The molecule has 2 aromatic heterocycles. The zero-order valence-corrected chi connectivity index (χ0v) is 19.8. The number of nitrogens with zero attached hydrogens (tertiary/aromatic N) is 4. The second-order valence-corrected chi connectivity index (χ2v) is 7.79. The van der Waals surface area contributed by atoms with Crippen LogP contribution in [0.4, 0.5) is 18.0 Å². The number of alkyl halides is 3. The molecule has 1 aliphatic heterocycles. The standard InChI is InChI=1S/C13H18N6O.C6H10F2.C2H6O.CH3F/c14-6-11-9-19-12(17-11)5-10(7-16-19)8-18-4-2-1-3-15-13(18)20;7-6(8)4-2-1-3-5-6;1-3-2;1-2/h5,7,9H,1-4,6,8,14H2,(H,15,20);1-5H2;1-2H3;1H3. The van der Waals surface area contributed by atoms with Gasteiger partial charge in [-0.05, 0) is 37.3 Å². The summed E-state index contributed by atoms with van der Waals surface area (Å²) in [6.45, 7) is 2.49. The van der Waals surface area contributed by atoms with E-state index >= 15 is 0 Å². The summed E-state index contributed by atoms with van der Waals surface area (Å²) < 4.78 is 39.9. The van der Waals surface area contributed by atoms with Gasteiger partial charge in [-0.3, -0.25) is 4.39 Å². The molecular formula is C22H37F3N6O2. The number of carbonyl (C=O) groups excluding carboxylic acids is 1. The van der Waals surface area contributed by atoms with Gasteiger partial charge < -0.3 is 20.7 Å². The van der Waals surface area contributed by atoms with Gasteiger partial charge in [0.2, 0.25) is 5.92 Å². The second kappa shape index (κ2) is 15.4. The highest BCUT2D eigenvalue weighted by atomic mass is 19.3. The summed E-state index contributed by atoms with van der Waals surface area (Å²) in [6, 6.07) is 1.94. The van der Waals surface area contributed by atoms with Crippen molar-refractivity contribution in [1.82, 2.24) is 24.8 Å². The van der Waals surface area contributed by atoms with Crippen LogP contribution in [0.1, 0.15) is 56.2 Å². The smallest absolute Gasteiger partial charge is 0.317 e. The van der Waals surface area contributed by atoms with Crippen LogP contribution in [0.15, 0.2) is 18.5 Å². The first-order valence-electron chi connectivity index (χ1n) is 11.1. The Labute approximate surface area is 193 Å². The normalized spacial score (nSPS) is 17.3. The third-order valence-electron chi connectivity index (χ3n) is 5.01. The van der Waals surface area contributed by atoms with Crippen molar-refractivity contribution in [2.45, 2.75) is 64.0 Å². The number of ether oxygens (including phenoxy) is 1. The predicted octanol–water partition coefficient (Wildman–Crippen LogP) is 3.93. The summed E-state index contributed by atoms with van der Waals surface area (Å²) >= 11 is 0. The third-order valence-corrected chi connectivity index (χ3v) is 5.01. The second-order valence-electron chi connectivity index (χ2n) is 7.79. The monoisotopic (exact) mass is 474 g/mol. The maximum Gasteiger partial charge on any atom is 0.317 e. The quantitative estimate of drug-likeness (QED) is 0.703. The molecule has 1 saturated heterocycles. The lowest BCUT2D eigenvalue weighted by atomic mass is 9.97. The predicted molar refractivity (Wildman–Crippen MR) is 122 cm³/mol. The summed E-state index contributed by atoms with van der Waals surface area (Å²) in [5, 5.41) is 7.20. The van der Waals surface area contributed by atoms with Crippen molar-refractivity contribution in [2.75, 3.05) is 34.5 Å². The first kappa shape index (κ1) is 28.6. The number of methoxy groups -OCH3 is 1. The van der Waals surface area contributed by atoms with Gasteiger partial charge in [-0.1, -0.05) is 6.42 Å². The van der Waals surface area contributed by atoms with Crippen molar-refractivity contribution in [3.8, 4) is 0 Å². The molecule has 2 aromatic rings. The molecule has 3 N–H and O–H groups in total. The first-order valence-corrected chi connectivity index (χ1v) is 11.1. The molecule has 0 radical (unpaired) electrons. The number of rotatable bonds is 3. The maximum absolute atomic E-state index is 12.2. The van der Waals surface area contributed by atoms with E-state index in [1.165, 1.54) is 0 Å². The molecule has 8 nitrogen and oxygen atoms in total. The molecule has 0 bridgehead atoms. The number of halogens is 3.